The van der Waals surface area contributed by atoms with Crippen molar-refractivity contribution in [3.8, 4) is 5.69 Å². The molecule has 292 valence electrons. The van der Waals surface area contributed by atoms with Crippen LogP contribution in [0.2, 0.25) is 0 Å². The number of nitrogens with zero attached hydrogens (tertiary/aromatic N) is 2. The van der Waals surface area contributed by atoms with Gasteiger partial charge < -0.3 is 13.9 Å². The number of furan rings is 1. The van der Waals surface area contributed by atoms with Gasteiger partial charge >= 0.3 is 0 Å². The molecule has 8 aromatic carbocycles. The minimum atomic E-state index is -0.251. The normalized spacial score (nSPS) is 13.5. The molecule has 0 bridgehead atoms. The molecule has 2 aromatic heterocycles. The maximum absolute atomic E-state index is 7.02. The van der Waals surface area contributed by atoms with E-state index in [-0.39, 0.29) is 12.1 Å². The zero-order valence-corrected chi connectivity index (χ0v) is 34.8. The Labute approximate surface area is 357 Å². The summed E-state index contributed by atoms with van der Waals surface area (Å²) in [5.74, 6) is 0.325. The summed E-state index contributed by atoms with van der Waals surface area (Å²) in [5.41, 5.74) is 21.0. The van der Waals surface area contributed by atoms with Crippen molar-refractivity contribution in [2.75, 3.05) is 4.90 Å². The molecular formula is C57H45BN2O. The van der Waals surface area contributed by atoms with Gasteiger partial charge in [0.2, 0.25) is 6.71 Å². The number of fused-ring (bicyclic) bond motifs is 9. The van der Waals surface area contributed by atoms with Crippen LogP contribution in [0.1, 0.15) is 59.6 Å². The Balaban J connectivity index is 1.00. The number of para-hydroxylation sites is 3. The van der Waals surface area contributed by atoms with E-state index in [1.165, 1.54) is 77.3 Å². The molecule has 10 aromatic rings. The molecule has 4 heterocycles. The van der Waals surface area contributed by atoms with E-state index in [2.05, 4.69) is 218 Å². The van der Waals surface area contributed by atoms with Gasteiger partial charge in [-0.25, -0.2) is 0 Å². The number of rotatable bonds is 8. The average molecular weight is 785 g/mol. The van der Waals surface area contributed by atoms with Gasteiger partial charge in [-0.1, -0.05) is 147 Å². The van der Waals surface area contributed by atoms with E-state index in [9.17, 15) is 0 Å². The standard InChI is InChI=1S/C57H45BN2O/c1-37-33-48-53-51(34-37)60-54-46(56-55(60)45-31-28-38(35-52(45)61-56)27-30-44(39-17-8-4-9-18-39)40-19-10-5-11-20-40)25-16-26-50(54)58(53)49-32-29-43(36-47(49)57(48,2)3)59(41-21-12-6-13-22-41)42-23-14-7-15-24-42/h4-26,28-29,31-36,44H,27,30H2,1-3H3. The van der Waals surface area contributed by atoms with Crippen LogP contribution >= 0.6 is 0 Å². The largest absolute Gasteiger partial charge is 0.454 e. The molecule has 12 rings (SSSR count). The first-order chi connectivity index (χ1) is 29.9. The smallest absolute Gasteiger partial charge is 0.247 e. The Morgan fingerprint density at radius 2 is 1.23 bits per heavy atom. The Morgan fingerprint density at radius 1 is 0.574 bits per heavy atom. The molecule has 0 N–H and O–H groups in total. The Bertz CT molecular complexity index is 3210. The highest BCUT2D eigenvalue weighted by molar-refractivity contribution is 6.99. The molecule has 0 atom stereocenters. The van der Waals surface area contributed by atoms with Gasteiger partial charge in [0.1, 0.15) is 11.1 Å². The summed E-state index contributed by atoms with van der Waals surface area (Å²) in [6.45, 7) is 7.20. The fraction of sp³-hybridized carbons (Fsp3) is 0.123. The van der Waals surface area contributed by atoms with Gasteiger partial charge in [-0.2, -0.15) is 0 Å². The van der Waals surface area contributed by atoms with Gasteiger partial charge in [-0.3, -0.25) is 0 Å². The van der Waals surface area contributed by atoms with E-state index in [1.807, 2.05) is 0 Å². The summed E-state index contributed by atoms with van der Waals surface area (Å²) >= 11 is 0. The lowest BCUT2D eigenvalue weighted by atomic mass is 9.30. The Hall–Kier alpha value is -7.04. The molecule has 2 aliphatic heterocycles. The molecule has 4 heteroatoms. The van der Waals surface area contributed by atoms with Gasteiger partial charge in [0.15, 0.2) is 5.58 Å². The van der Waals surface area contributed by atoms with Gasteiger partial charge in [0, 0.05) is 44.9 Å². The molecule has 0 fully saturated rings. The third-order valence-electron chi connectivity index (χ3n) is 13.7. The monoisotopic (exact) mass is 784 g/mol. The first kappa shape index (κ1) is 35.9. The lowest BCUT2D eigenvalue weighted by Crippen LogP contribution is -2.63. The third kappa shape index (κ3) is 5.51. The molecule has 2 aliphatic rings. The van der Waals surface area contributed by atoms with Crippen LogP contribution in [0.5, 0.6) is 0 Å². The molecule has 0 saturated carbocycles. The van der Waals surface area contributed by atoms with Gasteiger partial charge in [-0.05, 0) is 125 Å². The van der Waals surface area contributed by atoms with Crippen LogP contribution in [0.25, 0.3) is 38.7 Å². The summed E-state index contributed by atoms with van der Waals surface area (Å²) in [6.07, 6.45) is 1.97. The van der Waals surface area contributed by atoms with Crippen molar-refractivity contribution >= 4 is 73.1 Å². The Morgan fingerprint density at radius 3 is 1.90 bits per heavy atom. The topological polar surface area (TPSA) is 21.3 Å². The van der Waals surface area contributed by atoms with Crippen LogP contribution < -0.4 is 21.3 Å². The highest BCUT2D eigenvalue weighted by Gasteiger charge is 2.45. The molecule has 0 spiro atoms. The SMILES string of the molecule is Cc1cc2c3c(c1)C(C)(C)c1cc(N(c4ccccc4)c4ccccc4)ccc1B3c1cccc3c4oc5cc(CCC(c6ccccc6)c6ccccc6)ccc5c4n-2c13. The molecule has 61 heavy (non-hydrogen) atoms. The van der Waals surface area contributed by atoms with Gasteiger partial charge in [0.05, 0.1) is 5.52 Å². The number of hydrogen-bond acceptors (Lipinski definition) is 2. The summed E-state index contributed by atoms with van der Waals surface area (Å²) in [4.78, 5) is 2.38. The number of aromatic nitrogens is 1. The maximum Gasteiger partial charge on any atom is 0.247 e. The average Bonchev–Trinajstić information content (AvgIpc) is 3.83. The predicted molar refractivity (Wildman–Crippen MR) is 256 cm³/mol. The molecular weight excluding hydrogens is 739 g/mol. The third-order valence-corrected chi connectivity index (χ3v) is 13.7. The van der Waals surface area contributed by atoms with Crippen LogP contribution in [0.15, 0.2) is 192 Å². The van der Waals surface area contributed by atoms with Crippen molar-refractivity contribution in [1.82, 2.24) is 4.57 Å². The minimum Gasteiger partial charge on any atom is -0.454 e. The molecule has 0 unspecified atom stereocenters. The fourth-order valence-corrected chi connectivity index (χ4v) is 11.0. The highest BCUT2D eigenvalue weighted by atomic mass is 16.3. The lowest BCUT2D eigenvalue weighted by Gasteiger charge is -2.42. The quantitative estimate of drug-likeness (QED) is 0.143. The Kier molecular flexibility index (Phi) is 8.09. The van der Waals surface area contributed by atoms with Crippen LogP contribution in [0.4, 0.5) is 17.1 Å². The van der Waals surface area contributed by atoms with Crippen LogP contribution in [0, 0.1) is 6.92 Å². The van der Waals surface area contributed by atoms with E-state index in [0.29, 0.717) is 5.92 Å². The summed E-state index contributed by atoms with van der Waals surface area (Å²) in [5, 5.41) is 2.34. The number of anilines is 3. The van der Waals surface area contributed by atoms with E-state index in [4.69, 9.17) is 4.42 Å². The maximum atomic E-state index is 7.02. The minimum absolute atomic E-state index is 0.0971. The summed E-state index contributed by atoms with van der Waals surface area (Å²) in [7, 11) is 0. The van der Waals surface area contributed by atoms with Crippen molar-refractivity contribution in [3.63, 3.8) is 0 Å². The van der Waals surface area contributed by atoms with Crippen LogP contribution in [-0.4, -0.2) is 11.3 Å². The van der Waals surface area contributed by atoms with Crippen molar-refractivity contribution < 1.29 is 4.42 Å². The lowest BCUT2D eigenvalue weighted by molar-refractivity contribution is 0.645. The predicted octanol–water partition coefficient (Wildman–Crippen LogP) is 12.5. The molecule has 0 saturated heterocycles. The van der Waals surface area contributed by atoms with Crippen molar-refractivity contribution in [2.24, 2.45) is 0 Å². The van der Waals surface area contributed by atoms with E-state index < -0.39 is 0 Å². The second kappa shape index (κ2) is 13.8. The second-order valence-corrected chi connectivity index (χ2v) is 17.7. The first-order valence-corrected chi connectivity index (χ1v) is 21.7. The number of hydrogen-bond donors (Lipinski definition) is 0. The number of benzene rings is 8. The van der Waals surface area contributed by atoms with E-state index in [0.717, 1.165) is 41.1 Å². The summed E-state index contributed by atoms with van der Waals surface area (Å²) in [6, 6.07) is 69.3. The summed E-state index contributed by atoms with van der Waals surface area (Å²) < 4.78 is 9.57. The fourth-order valence-electron chi connectivity index (χ4n) is 11.0. The van der Waals surface area contributed by atoms with Crippen LogP contribution in [-0.2, 0) is 11.8 Å². The second-order valence-electron chi connectivity index (χ2n) is 17.7. The molecule has 0 amide bonds. The van der Waals surface area contributed by atoms with E-state index in [1.54, 1.807) is 0 Å². The van der Waals surface area contributed by atoms with Gasteiger partial charge in [0.25, 0.3) is 0 Å². The van der Waals surface area contributed by atoms with Gasteiger partial charge in [-0.15, -0.1) is 0 Å². The molecule has 0 aliphatic carbocycles. The first-order valence-electron chi connectivity index (χ1n) is 21.7. The van der Waals surface area contributed by atoms with Crippen molar-refractivity contribution in [1.29, 1.82) is 0 Å². The van der Waals surface area contributed by atoms with Crippen LogP contribution in [0.3, 0.4) is 0 Å². The zero-order valence-electron chi connectivity index (χ0n) is 34.8. The van der Waals surface area contributed by atoms with Crippen molar-refractivity contribution in [2.45, 2.75) is 44.9 Å². The highest BCUT2D eigenvalue weighted by Crippen LogP contribution is 2.45. The van der Waals surface area contributed by atoms with Crippen molar-refractivity contribution in [3.05, 3.63) is 221 Å². The molecule has 0 radical (unpaired) electrons. The zero-order chi connectivity index (χ0) is 40.8. The molecule has 3 nitrogen and oxygen atoms in total. The number of aryl methyl sites for hydroxylation is 2. The van der Waals surface area contributed by atoms with E-state index >= 15 is 0 Å².